The van der Waals surface area contributed by atoms with E-state index in [9.17, 15) is 19.5 Å². The van der Waals surface area contributed by atoms with E-state index in [1.165, 1.54) is 0 Å². The number of carbonyl (C=O) groups excluding carboxylic acids is 2. The number of aliphatic carboxylic acids is 1. The van der Waals surface area contributed by atoms with Crippen LogP contribution in [0.25, 0.3) is 10.9 Å². The first kappa shape index (κ1) is 22.8. The van der Waals surface area contributed by atoms with Gasteiger partial charge in [0.15, 0.2) is 0 Å². The number of piperidine rings is 1. The van der Waals surface area contributed by atoms with Crippen LogP contribution in [0.1, 0.15) is 44.1 Å². The number of amides is 2. The Balaban J connectivity index is 1.43. The van der Waals surface area contributed by atoms with Crippen molar-refractivity contribution in [3.05, 3.63) is 36.0 Å². The zero-order valence-corrected chi connectivity index (χ0v) is 17.8. The molecule has 5 N–H and O–H groups in total. The number of nitrogens with one attached hydrogen (secondary N) is 4. The van der Waals surface area contributed by atoms with E-state index in [1.54, 1.807) is 0 Å². The standard InChI is InChI=1S/C23H32N4O4/c28-21(7-3-4-16-8-10-24-11-9-16)26-15-22(29)27-18(13-23(30)31)12-17-14-25-20-6-2-1-5-19(17)20/h1-2,5-6,14,16,18,24-25H,3-4,7-13,15H2,(H,26,28)(H,27,29)(H,30,31). The predicted molar refractivity (Wildman–Crippen MR) is 119 cm³/mol. The van der Waals surface area contributed by atoms with Gasteiger partial charge in [0.25, 0.3) is 0 Å². The van der Waals surface area contributed by atoms with Crippen molar-refractivity contribution in [3.63, 3.8) is 0 Å². The van der Waals surface area contributed by atoms with Gasteiger partial charge in [0.1, 0.15) is 0 Å². The smallest absolute Gasteiger partial charge is 0.305 e. The summed E-state index contributed by atoms with van der Waals surface area (Å²) >= 11 is 0. The molecule has 0 radical (unpaired) electrons. The van der Waals surface area contributed by atoms with E-state index in [4.69, 9.17) is 0 Å². The largest absolute Gasteiger partial charge is 0.481 e. The average molecular weight is 429 g/mol. The van der Waals surface area contributed by atoms with Crippen molar-refractivity contribution in [2.45, 2.75) is 51.0 Å². The van der Waals surface area contributed by atoms with Gasteiger partial charge in [-0.2, -0.15) is 0 Å². The van der Waals surface area contributed by atoms with Crippen LogP contribution in [0.2, 0.25) is 0 Å². The molecular weight excluding hydrogens is 396 g/mol. The van der Waals surface area contributed by atoms with Gasteiger partial charge in [-0.1, -0.05) is 18.2 Å². The van der Waals surface area contributed by atoms with Crippen LogP contribution in [0.3, 0.4) is 0 Å². The van der Waals surface area contributed by atoms with E-state index in [-0.39, 0.29) is 24.8 Å². The van der Waals surface area contributed by atoms with Crippen LogP contribution in [-0.4, -0.2) is 53.6 Å². The van der Waals surface area contributed by atoms with Gasteiger partial charge in [-0.25, -0.2) is 0 Å². The summed E-state index contributed by atoms with van der Waals surface area (Å²) in [4.78, 5) is 38.8. The third-order valence-electron chi connectivity index (χ3n) is 5.85. The molecule has 1 saturated heterocycles. The Labute approximate surface area is 182 Å². The van der Waals surface area contributed by atoms with Gasteiger partial charge in [-0.05, 0) is 62.7 Å². The summed E-state index contributed by atoms with van der Waals surface area (Å²) in [5.74, 6) is -0.820. The van der Waals surface area contributed by atoms with E-state index in [0.717, 1.165) is 55.2 Å². The molecule has 0 spiro atoms. The molecule has 1 aromatic carbocycles. The molecule has 168 valence electrons. The lowest BCUT2D eigenvalue weighted by atomic mass is 9.92. The van der Waals surface area contributed by atoms with Crippen LogP contribution < -0.4 is 16.0 Å². The molecule has 2 amide bonds. The van der Waals surface area contributed by atoms with E-state index >= 15 is 0 Å². The average Bonchev–Trinajstić information content (AvgIpc) is 3.15. The SMILES string of the molecule is O=C(O)CC(Cc1c[nH]c2ccccc12)NC(=O)CNC(=O)CCCC1CCNCC1. The van der Waals surface area contributed by atoms with Gasteiger partial charge in [-0.15, -0.1) is 0 Å². The Morgan fingerprint density at radius 3 is 2.68 bits per heavy atom. The zero-order chi connectivity index (χ0) is 22.1. The van der Waals surface area contributed by atoms with Gasteiger partial charge in [0.05, 0.1) is 13.0 Å². The molecule has 1 unspecified atom stereocenters. The summed E-state index contributed by atoms with van der Waals surface area (Å²) in [7, 11) is 0. The van der Waals surface area contributed by atoms with E-state index in [2.05, 4.69) is 20.9 Å². The first-order valence-electron chi connectivity index (χ1n) is 11.0. The third-order valence-corrected chi connectivity index (χ3v) is 5.85. The van der Waals surface area contributed by atoms with Crippen LogP contribution >= 0.6 is 0 Å². The Hall–Kier alpha value is -2.87. The van der Waals surface area contributed by atoms with Crippen LogP contribution in [-0.2, 0) is 20.8 Å². The summed E-state index contributed by atoms with van der Waals surface area (Å²) in [6.45, 7) is 1.95. The molecule has 0 saturated carbocycles. The maximum Gasteiger partial charge on any atom is 0.305 e. The second kappa shape index (κ2) is 11.5. The summed E-state index contributed by atoms with van der Waals surface area (Å²) in [5, 5.41) is 19.0. The highest BCUT2D eigenvalue weighted by atomic mass is 16.4. The van der Waals surface area contributed by atoms with Crippen molar-refractivity contribution in [1.82, 2.24) is 20.9 Å². The first-order valence-corrected chi connectivity index (χ1v) is 11.0. The van der Waals surface area contributed by atoms with Crippen molar-refractivity contribution < 1.29 is 19.5 Å². The quantitative estimate of drug-likeness (QED) is 0.374. The van der Waals surface area contributed by atoms with Crippen LogP contribution in [0, 0.1) is 5.92 Å². The number of aromatic nitrogens is 1. The Bertz CT molecular complexity index is 889. The number of carbonyl (C=O) groups is 3. The highest BCUT2D eigenvalue weighted by Gasteiger charge is 2.19. The zero-order valence-electron chi connectivity index (χ0n) is 17.8. The van der Waals surface area contributed by atoms with Gasteiger partial charge in [-0.3, -0.25) is 14.4 Å². The summed E-state index contributed by atoms with van der Waals surface area (Å²) in [6.07, 6.45) is 6.63. The number of aromatic amines is 1. The topological polar surface area (TPSA) is 123 Å². The summed E-state index contributed by atoms with van der Waals surface area (Å²) in [6, 6.07) is 7.20. The number of para-hydroxylation sites is 1. The number of H-pyrrole nitrogens is 1. The molecule has 8 heteroatoms. The van der Waals surface area contributed by atoms with Crippen molar-refractivity contribution in [1.29, 1.82) is 0 Å². The van der Waals surface area contributed by atoms with E-state index < -0.39 is 12.0 Å². The van der Waals surface area contributed by atoms with E-state index in [1.807, 2.05) is 30.5 Å². The first-order chi connectivity index (χ1) is 15.0. The molecule has 1 atom stereocenters. The van der Waals surface area contributed by atoms with Gasteiger partial charge < -0.3 is 26.0 Å². The molecule has 2 heterocycles. The molecular formula is C23H32N4O4. The lowest BCUT2D eigenvalue weighted by Crippen LogP contribution is -2.43. The van der Waals surface area contributed by atoms with Gasteiger partial charge in [0, 0.05) is 29.6 Å². The second-order valence-corrected chi connectivity index (χ2v) is 8.29. The number of carboxylic acid groups (broad SMARTS) is 1. The minimum Gasteiger partial charge on any atom is -0.481 e. The number of fused-ring (bicyclic) bond motifs is 1. The third kappa shape index (κ3) is 7.40. The molecule has 2 aromatic rings. The maximum absolute atomic E-state index is 12.3. The highest BCUT2D eigenvalue weighted by molar-refractivity contribution is 5.86. The molecule has 8 nitrogen and oxygen atoms in total. The Kier molecular flexibility index (Phi) is 8.46. The van der Waals surface area contributed by atoms with Crippen molar-refractivity contribution >= 4 is 28.7 Å². The van der Waals surface area contributed by atoms with Crippen molar-refractivity contribution in [2.24, 2.45) is 5.92 Å². The molecule has 1 aromatic heterocycles. The molecule has 1 aliphatic heterocycles. The molecule has 0 aliphatic carbocycles. The molecule has 1 fully saturated rings. The van der Waals surface area contributed by atoms with E-state index in [0.29, 0.717) is 18.8 Å². The molecule has 31 heavy (non-hydrogen) atoms. The number of hydrogen-bond acceptors (Lipinski definition) is 4. The fraction of sp³-hybridized carbons (Fsp3) is 0.522. The fourth-order valence-corrected chi connectivity index (χ4v) is 4.22. The van der Waals surface area contributed by atoms with Crippen molar-refractivity contribution in [3.8, 4) is 0 Å². The van der Waals surface area contributed by atoms with Gasteiger partial charge >= 0.3 is 5.97 Å². The van der Waals surface area contributed by atoms with Gasteiger partial charge in [0.2, 0.25) is 11.8 Å². The minimum atomic E-state index is -0.980. The number of carboxylic acids is 1. The number of hydrogen-bond donors (Lipinski definition) is 5. The molecule has 0 bridgehead atoms. The monoisotopic (exact) mass is 428 g/mol. The van der Waals surface area contributed by atoms with Crippen LogP contribution in [0.15, 0.2) is 30.5 Å². The Morgan fingerprint density at radius 1 is 1.13 bits per heavy atom. The lowest BCUT2D eigenvalue weighted by Gasteiger charge is -2.22. The van der Waals surface area contributed by atoms with Crippen molar-refractivity contribution in [2.75, 3.05) is 19.6 Å². The lowest BCUT2D eigenvalue weighted by molar-refractivity contribution is -0.137. The normalized spacial score (nSPS) is 15.5. The minimum absolute atomic E-state index is 0.143. The number of benzene rings is 1. The van der Waals surface area contributed by atoms with Crippen LogP contribution in [0.4, 0.5) is 0 Å². The predicted octanol–water partition coefficient (Wildman–Crippen LogP) is 1.96. The molecule has 1 aliphatic rings. The highest BCUT2D eigenvalue weighted by Crippen LogP contribution is 2.20. The Morgan fingerprint density at radius 2 is 1.90 bits per heavy atom. The second-order valence-electron chi connectivity index (χ2n) is 8.29. The van der Waals surface area contributed by atoms with Crippen LogP contribution in [0.5, 0.6) is 0 Å². The maximum atomic E-state index is 12.3. The fourth-order valence-electron chi connectivity index (χ4n) is 4.22. The summed E-state index contributed by atoms with van der Waals surface area (Å²) < 4.78 is 0. The molecule has 3 rings (SSSR count). The number of rotatable bonds is 11. The summed E-state index contributed by atoms with van der Waals surface area (Å²) in [5.41, 5.74) is 1.92.